The Hall–Kier alpha value is -1.75. The molecule has 1 aromatic carbocycles. The highest BCUT2D eigenvalue weighted by Crippen LogP contribution is 2.31. The Kier molecular flexibility index (Phi) is 5.63. The summed E-state index contributed by atoms with van der Waals surface area (Å²) in [6, 6.07) is 5.30. The Morgan fingerprint density at radius 1 is 1.42 bits per heavy atom. The fourth-order valence-electron chi connectivity index (χ4n) is 1.70. The Labute approximate surface area is 114 Å². The molecule has 5 heteroatoms. The van der Waals surface area contributed by atoms with Gasteiger partial charge in [0.25, 0.3) is 0 Å². The summed E-state index contributed by atoms with van der Waals surface area (Å²) in [4.78, 5) is 16.5. The van der Waals surface area contributed by atoms with Crippen LogP contribution in [0.3, 0.4) is 0 Å². The van der Waals surface area contributed by atoms with Crippen molar-refractivity contribution in [1.29, 1.82) is 0 Å². The van der Waals surface area contributed by atoms with Crippen molar-refractivity contribution in [1.82, 2.24) is 5.06 Å². The van der Waals surface area contributed by atoms with Crippen LogP contribution in [0.25, 0.3) is 0 Å². The molecule has 0 aliphatic carbocycles. The molecular weight excluding hydrogens is 244 g/mol. The summed E-state index contributed by atoms with van der Waals surface area (Å²) in [6.07, 6.45) is 1.01. The van der Waals surface area contributed by atoms with Gasteiger partial charge in [-0.1, -0.05) is 13.8 Å². The van der Waals surface area contributed by atoms with Gasteiger partial charge in [-0.2, -0.15) is 0 Å². The molecule has 0 spiro atoms. The van der Waals surface area contributed by atoms with Crippen molar-refractivity contribution < 1.29 is 14.4 Å². The van der Waals surface area contributed by atoms with Gasteiger partial charge in [-0.05, 0) is 36.1 Å². The lowest BCUT2D eigenvalue weighted by Gasteiger charge is -2.18. The Balaban J connectivity index is 2.95. The second kappa shape index (κ2) is 6.99. The van der Waals surface area contributed by atoms with E-state index in [1.54, 1.807) is 14.2 Å². The summed E-state index contributed by atoms with van der Waals surface area (Å²) in [6.45, 7) is 4.25. The molecule has 0 bridgehead atoms. The van der Waals surface area contributed by atoms with Gasteiger partial charge in [0.05, 0.1) is 14.2 Å². The number of methoxy groups -OCH3 is 1. The standard InChI is InChI=1S/C14H22N2O3/c1-6-10(2)12-9-11(7-8-13(12)18-4)15-14(17)16(3)19-5/h7-10H,6H2,1-5H3,(H,15,17). The first-order valence-corrected chi connectivity index (χ1v) is 6.30. The van der Waals surface area contributed by atoms with Crippen LogP contribution in [0.1, 0.15) is 31.7 Å². The van der Waals surface area contributed by atoms with E-state index in [2.05, 4.69) is 19.2 Å². The SMILES string of the molecule is CCC(C)c1cc(NC(=O)N(C)OC)ccc1OC. The van der Waals surface area contributed by atoms with Crippen LogP contribution in [0.15, 0.2) is 18.2 Å². The summed E-state index contributed by atoms with van der Waals surface area (Å²) in [5.41, 5.74) is 1.81. The van der Waals surface area contributed by atoms with Crippen LogP contribution in [0.5, 0.6) is 5.75 Å². The molecule has 106 valence electrons. The van der Waals surface area contributed by atoms with Crippen molar-refractivity contribution in [2.24, 2.45) is 0 Å². The van der Waals surface area contributed by atoms with Gasteiger partial charge in [0, 0.05) is 12.7 Å². The molecule has 0 aliphatic heterocycles. The summed E-state index contributed by atoms with van der Waals surface area (Å²) in [5.74, 6) is 1.21. The van der Waals surface area contributed by atoms with Crippen molar-refractivity contribution in [3.63, 3.8) is 0 Å². The number of ether oxygens (including phenoxy) is 1. The predicted octanol–water partition coefficient (Wildman–Crippen LogP) is 3.23. The zero-order chi connectivity index (χ0) is 14.4. The van der Waals surface area contributed by atoms with E-state index < -0.39 is 0 Å². The molecule has 1 N–H and O–H groups in total. The number of rotatable bonds is 5. The van der Waals surface area contributed by atoms with Crippen LogP contribution >= 0.6 is 0 Å². The molecular formula is C14H22N2O3. The smallest absolute Gasteiger partial charge is 0.345 e. The van der Waals surface area contributed by atoms with E-state index in [0.29, 0.717) is 5.92 Å². The highest BCUT2D eigenvalue weighted by Gasteiger charge is 2.13. The maximum absolute atomic E-state index is 11.7. The Morgan fingerprint density at radius 3 is 2.63 bits per heavy atom. The number of carbonyl (C=O) groups excluding carboxylic acids is 1. The molecule has 0 aliphatic rings. The summed E-state index contributed by atoms with van der Waals surface area (Å²) in [5, 5.41) is 3.90. The van der Waals surface area contributed by atoms with E-state index in [-0.39, 0.29) is 6.03 Å². The van der Waals surface area contributed by atoms with Crippen molar-refractivity contribution in [2.75, 3.05) is 26.6 Å². The van der Waals surface area contributed by atoms with Crippen molar-refractivity contribution >= 4 is 11.7 Å². The monoisotopic (exact) mass is 266 g/mol. The molecule has 0 heterocycles. The van der Waals surface area contributed by atoms with Gasteiger partial charge in [0.1, 0.15) is 5.75 Å². The van der Waals surface area contributed by atoms with E-state index in [1.807, 2.05) is 18.2 Å². The molecule has 0 radical (unpaired) electrons. The third-order valence-corrected chi connectivity index (χ3v) is 3.18. The number of nitrogens with zero attached hydrogens (tertiary/aromatic N) is 1. The number of carbonyl (C=O) groups is 1. The lowest BCUT2D eigenvalue weighted by Crippen LogP contribution is -2.30. The van der Waals surface area contributed by atoms with Crippen LogP contribution in [-0.4, -0.2) is 32.4 Å². The summed E-state index contributed by atoms with van der Waals surface area (Å²) < 4.78 is 5.35. The van der Waals surface area contributed by atoms with E-state index in [9.17, 15) is 4.79 Å². The van der Waals surface area contributed by atoms with Crippen LogP contribution < -0.4 is 10.1 Å². The largest absolute Gasteiger partial charge is 0.496 e. The molecule has 5 nitrogen and oxygen atoms in total. The fraction of sp³-hybridized carbons (Fsp3) is 0.500. The second-order valence-corrected chi connectivity index (χ2v) is 4.38. The molecule has 0 saturated carbocycles. The van der Waals surface area contributed by atoms with Crippen molar-refractivity contribution in [3.05, 3.63) is 23.8 Å². The van der Waals surface area contributed by atoms with Gasteiger partial charge in [-0.25, -0.2) is 9.86 Å². The number of hydrogen-bond acceptors (Lipinski definition) is 3. The minimum absolute atomic E-state index is 0.317. The number of hydrogen-bond donors (Lipinski definition) is 1. The van der Waals surface area contributed by atoms with Gasteiger partial charge in [-0.3, -0.25) is 4.84 Å². The zero-order valence-corrected chi connectivity index (χ0v) is 12.2. The number of amides is 2. The molecule has 0 saturated heterocycles. The average molecular weight is 266 g/mol. The average Bonchev–Trinajstić information content (AvgIpc) is 2.45. The summed E-state index contributed by atoms with van der Waals surface area (Å²) in [7, 11) is 4.64. The number of hydroxylamine groups is 2. The topological polar surface area (TPSA) is 50.8 Å². The fourth-order valence-corrected chi connectivity index (χ4v) is 1.70. The number of nitrogens with one attached hydrogen (secondary N) is 1. The molecule has 2 amide bonds. The molecule has 0 aromatic heterocycles. The molecule has 1 atom stereocenters. The van der Waals surface area contributed by atoms with E-state index in [0.717, 1.165) is 28.5 Å². The molecule has 1 aromatic rings. The minimum Gasteiger partial charge on any atom is -0.496 e. The second-order valence-electron chi connectivity index (χ2n) is 4.38. The van der Waals surface area contributed by atoms with Crippen LogP contribution in [-0.2, 0) is 4.84 Å². The van der Waals surface area contributed by atoms with E-state index in [4.69, 9.17) is 9.57 Å². The van der Waals surface area contributed by atoms with Gasteiger partial charge in [0.15, 0.2) is 0 Å². The van der Waals surface area contributed by atoms with Crippen LogP contribution in [0.2, 0.25) is 0 Å². The Morgan fingerprint density at radius 2 is 2.11 bits per heavy atom. The van der Waals surface area contributed by atoms with Crippen LogP contribution in [0.4, 0.5) is 10.5 Å². The van der Waals surface area contributed by atoms with E-state index >= 15 is 0 Å². The Bertz CT molecular complexity index is 435. The lowest BCUT2D eigenvalue weighted by atomic mass is 9.97. The van der Waals surface area contributed by atoms with Crippen LogP contribution in [0, 0.1) is 0 Å². The van der Waals surface area contributed by atoms with Crippen molar-refractivity contribution in [3.8, 4) is 5.75 Å². The predicted molar refractivity (Wildman–Crippen MR) is 75.5 cm³/mol. The third kappa shape index (κ3) is 3.86. The molecule has 1 unspecified atom stereocenters. The maximum Gasteiger partial charge on any atom is 0.345 e. The minimum atomic E-state index is -0.317. The first kappa shape index (κ1) is 15.3. The lowest BCUT2D eigenvalue weighted by molar-refractivity contribution is -0.0598. The first-order valence-electron chi connectivity index (χ1n) is 6.30. The van der Waals surface area contributed by atoms with E-state index in [1.165, 1.54) is 7.11 Å². The maximum atomic E-state index is 11.7. The summed E-state index contributed by atoms with van der Waals surface area (Å²) >= 11 is 0. The van der Waals surface area contributed by atoms with Crippen molar-refractivity contribution in [2.45, 2.75) is 26.2 Å². The molecule has 19 heavy (non-hydrogen) atoms. The normalized spacial score (nSPS) is 11.8. The van der Waals surface area contributed by atoms with Gasteiger partial charge in [0.2, 0.25) is 0 Å². The zero-order valence-electron chi connectivity index (χ0n) is 12.2. The molecule has 1 rings (SSSR count). The highest BCUT2D eigenvalue weighted by molar-refractivity contribution is 5.88. The molecule has 0 fully saturated rings. The highest BCUT2D eigenvalue weighted by atomic mass is 16.7. The third-order valence-electron chi connectivity index (χ3n) is 3.18. The first-order chi connectivity index (χ1) is 9.03. The van der Waals surface area contributed by atoms with Gasteiger partial charge >= 0.3 is 6.03 Å². The number of anilines is 1. The number of urea groups is 1. The number of benzene rings is 1. The van der Waals surface area contributed by atoms with Gasteiger partial charge < -0.3 is 10.1 Å². The quantitative estimate of drug-likeness (QED) is 0.832. The van der Waals surface area contributed by atoms with Gasteiger partial charge in [-0.15, -0.1) is 0 Å².